The summed E-state index contributed by atoms with van der Waals surface area (Å²) in [4.78, 5) is 5.26. The van der Waals surface area contributed by atoms with Gasteiger partial charge in [-0.25, -0.2) is 0 Å². The molecule has 0 aromatic heterocycles. The Labute approximate surface area is 170 Å². The summed E-state index contributed by atoms with van der Waals surface area (Å²) in [6.07, 6.45) is 6.66. The maximum Gasteiger partial charge on any atom is 0.214 e. The van der Waals surface area contributed by atoms with E-state index in [0.29, 0.717) is 24.4 Å². The van der Waals surface area contributed by atoms with Crippen LogP contribution in [0.2, 0.25) is 0 Å². The smallest absolute Gasteiger partial charge is 0.214 e. The molecular formula is C23H50N4+2. The third-order valence-corrected chi connectivity index (χ3v) is 9.37. The Bertz CT molecular complexity index is 465. The minimum atomic E-state index is 0.582. The maximum atomic E-state index is 2.72. The van der Waals surface area contributed by atoms with Crippen LogP contribution < -0.4 is 0 Å². The Morgan fingerprint density at radius 1 is 0.778 bits per heavy atom. The number of rotatable bonds is 8. The summed E-state index contributed by atoms with van der Waals surface area (Å²) in [6.45, 7) is 21.0. The van der Waals surface area contributed by atoms with Crippen LogP contribution in [-0.4, -0.2) is 96.0 Å². The lowest BCUT2D eigenvalue weighted by molar-refractivity contribution is -1.07. The molecule has 2 aliphatic heterocycles. The second-order valence-corrected chi connectivity index (χ2v) is 10.4. The molecule has 0 saturated carbocycles. The molecule has 7 unspecified atom stereocenters. The van der Waals surface area contributed by atoms with Crippen molar-refractivity contribution in [3.8, 4) is 0 Å². The van der Waals surface area contributed by atoms with Crippen molar-refractivity contribution in [3.63, 3.8) is 0 Å². The van der Waals surface area contributed by atoms with Crippen LogP contribution in [-0.2, 0) is 0 Å². The predicted octanol–water partition coefficient (Wildman–Crippen LogP) is 3.97. The van der Waals surface area contributed by atoms with E-state index in [4.69, 9.17) is 0 Å². The van der Waals surface area contributed by atoms with E-state index in [1.807, 2.05) is 0 Å². The molecule has 0 bridgehead atoms. The first-order valence-corrected chi connectivity index (χ1v) is 11.7. The molecule has 0 amide bonds. The van der Waals surface area contributed by atoms with Crippen LogP contribution in [0.15, 0.2) is 0 Å². The number of unbranched alkanes of at least 4 members (excludes halogenated alkanes) is 2. The van der Waals surface area contributed by atoms with Crippen LogP contribution in [0.5, 0.6) is 0 Å². The molecule has 4 heteroatoms. The highest BCUT2D eigenvalue weighted by Crippen LogP contribution is 2.39. The molecule has 0 radical (unpaired) electrons. The van der Waals surface area contributed by atoms with Crippen molar-refractivity contribution in [2.24, 2.45) is 0 Å². The van der Waals surface area contributed by atoms with E-state index in [-0.39, 0.29) is 0 Å². The monoisotopic (exact) mass is 382 g/mol. The normalized spacial score (nSPS) is 42.9. The molecule has 160 valence electrons. The molecule has 0 spiro atoms. The van der Waals surface area contributed by atoms with Gasteiger partial charge in [0.25, 0.3) is 0 Å². The highest BCUT2D eigenvalue weighted by molar-refractivity contribution is 4.90. The average molecular weight is 383 g/mol. The third kappa shape index (κ3) is 3.97. The lowest BCUT2D eigenvalue weighted by Crippen LogP contribution is -2.60. The molecule has 27 heavy (non-hydrogen) atoms. The number of likely N-dealkylation sites (N-methyl/N-ethyl adjacent to an activating group) is 2. The van der Waals surface area contributed by atoms with Crippen molar-refractivity contribution in [1.82, 2.24) is 9.80 Å². The summed E-state index contributed by atoms with van der Waals surface area (Å²) < 4.78 is 2.51. The molecule has 0 N–H and O–H groups in total. The SMILES string of the molecule is CCCC[N+]1(CCCCN2C(C)C(C)N(C)C2C)C(C)C(C)[N+](C)(C)C1C. The Morgan fingerprint density at radius 2 is 1.37 bits per heavy atom. The maximum absolute atomic E-state index is 2.72. The molecule has 0 aromatic carbocycles. The van der Waals surface area contributed by atoms with E-state index in [9.17, 15) is 0 Å². The average Bonchev–Trinajstić information content (AvgIpc) is 2.89. The first-order chi connectivity index (χ1) is 12.5. The van der Waals surface area contributed by atoms with Crippen LogP contribution >= 0.6 is 0 Å². The number of hydrogen-bond donors (Lipinski definition) is 0. The standard InChI is InChI=1S/C23H50N4/c1-11-12-16-27(21(5)20(4)26(9,10)23(27)7)17-14-13-15-25-19(3)18(2)24(8)22(25)6/h18-23H,11-17H2,1-10H3/q+2. The fraction of sp³-hybridized carbons (Fsp3) is 1.00. The zero-order chi connectivity index (χ0) is 20.6. The van der Waals surface area contributed by atoms with Gasteiger partial charge in [-0.15, -0.1) is 0 Å². The summed E-state index contributed by atoms with van der Waals surface area (Å²) in [7, 11) is 7.21. The molecule has 2 rings (SSSR count). The lowest BCUT2D eigenvalue weighted by Gasteiger charge is -2.42. The van der Waals surface area contributed by atoms with Crippen molar-refractivity contribution < 1.29 is 8.97 Å². The van der Waals surface area contributed by atoms with Gasteiger partial charge in [0.2, 0.25) is 6.17 Å². The minimum Gasteiger partial charge on any atom is -0.287 e. The molecule has 7 atom stereocenters. The van der Waals surface area contributed by atoms with Gasteiger partial charge in [-0.3, -0.25) is 18.8 Å². The highest BCUT2D eigenvalue weighted by Gasteiger charge is 2.59. The van der Waals surface area contributed by atoms with Crippen molar-refractivity contribution in [2.75, 3.05) is 40.8 Å². The fourth-order valence-corrected chi connectivity index (χ4v) is 6.23. The van der Waals surface area contributed by atoms with E-state index in [1.165, 1.54) is 54.3 Å². The summed E-state index contributed by atoms with van der Waals surface area (Å²) >= 11 is 0. The minimum absolute atomic E-state index is 0.582. The van der Waals surface area contributed by atoms with Gasteiger partial charge in [0.15, 0.2) is 0 Å². The first kappa shape index (κ1) is 23.1. The van der Waals surface area contributed by atoms with E-state index < -0.39 is 0 Å². The van der Waals surface area contributed by atoms with Crippen LogP contribution in [0.3, 0.4) is 0 Å². The van der Waals surface area contributed by atoms with Gasteiger partial charge in [0.1, 0.15) is 12.1 Å². The molecule has 2 heterocycles. The van der Waals surface area contributed by atoms with Crippen LogP contribution in [0, 0.1) is 0 Å². The molecule has 2 saturated heterocycles. The molecule has 2 aliphatic rings. The van der Waals surface area contributed by atoms with Gasteiger partial charge in [0, 0.05) is 25.6 Å². The zero-order valence-electron chi connectivity index (χ0n) is 20.2. The summed E-state index contributed by atoms with van der Waals surface area (Å²) in [5.41, 5.74) is 0. The van der Waals surface area contributed by atoms with Gasteiger partial charge in [-0.05, 0) is 60.9 Å². The van der Waals surface area contributed by atoms with E-state index in [2.05, 4.69) is 79.4 Å². The Balaban J connectivity index is 2.00. The molecule has 0 aromatic rings. The van der Waals surface area contributed by atoms with E-state index in [1.54, 1.807) is 0 Å². The van der Waals surface area contributed by atoms with Crippen molar-refractivity contribution in [3.05, 3.63) is 0 Å². The zero-order valence-corrected chi connectivity index (χ0v) is 20.2. The number of hydrogen-bond acceptors (Lipinski definition) is 2. The Kier molecular flexibility index (Phi) is 7.44. The van der Waals surface area contributed by atoms with Gasteiger partial charge in [-0.2, -0.15) is 0 Å². The summed E-state index contributed by atoms with van der Waals surface area (Å²) in [5, 5.41) is 0. The Hall–Kier alpha value is -0.160. The van der Waals surface area contributed by atoms with E-state index >= 15 is 0 Å². The summed E-state index contributed by atoms with van der Waals surface area (Å²) in [5.74, 6) is 0. The van der Waals surface area contributed by atoms with E-state index in [0.717, 1.165) is 12.1 Å². The second-order valence-electron chi connectivity index (χ2n) is 10.4. The third-order valence-electron chi connectivity index (χ3n) is 9.37. The molecule has 4 nitrogen and oxygen atoms in total. The summed E-state index contributed by atoms with van der Waals surface area (Å²) in [6, 6.07) is 2.84. The Morgan fingerprint density at radius 3 is 1.81 bits per heavy atom. The van der Waals surface area contributed by atoms with Gasteiger partial charge < -0.3 is 0 Å². The first-order valence-electron chi connectivity index (χ1n) is 11.7. The fourth-order valence-electron chi connectivity index (χ4n) is 6.23. The lowest BCUT2D eigenvalue weighted by atomic mass is 10.1. The quantitative estimate of drug-likeness (QED) is 0.463. The second kappa shape index (κ2) is 8.69. The topological polar surface area (TPSA) is 6.48 Å². The van der Waals surface area contributed by atoms with Crippen molar-refractivity contribution in [1.29, 1.82) is 0 Å². The van der Waals surface area contributed by atoms with Crippen LogP contribution in [0.25, 0.3) is 0 Å². The van der Waals surface area contributed by atoms with Crippen LogP contribution in [0.4, 0.5) is 0 Å². The van der Waals surface area contributed by atoms with Crippen molar-refractivity contribution in [2.45, 2.75) is 111 Å². The molecule has 2 fully saturated rings. The van der Waals surface area contributed by atoms with Crippen molar-refractivity contribution >= 4 is 0 Å². The molecular weight excluding hydrogens is 332 g/mol. The van der Waals surface area contributed by atoms with Gasteiger partial charge in [-0.1, -0.05) is 13.3 Å². The highest BCUT2D eigenvalue weighted by atomic mass is 15.6. The largest absolute Gasteiger partial charge is 0.287 e. The van der Waals surface area contributed by atoms with Gasteiger partial charge >= 0.3 is 0 Å². The van der Waals surface area contributed by atoms with Crippen LogP contribution in [0.1, 0.15) is 74.1 Å². The number of quaternary nitrogens is 2. The number of nitrogens with zero attached hydrogens (tertiary/aromatic N) is 4. The predicted molar refractivity (Wildman–Crippen MR) is 117 cm³/mol. The molecule has 0 aliphatic carbocycles. The van der Waals surface area contributed by atoms with Gasteiger partial charge in [0.05, 0.1) is 33.4 Å².